The highest BCUT2D eigenvalue weighted by molar-refractivity contribution is 6.03. The van der Waals surface area contributed by atoms with Crippen molar-refractivity contribution in [2.45, 2.75) is 25.8 Å². The second kappa shape index (κ2) is 9.95. The molecule has 33 heavy (non-hydrogen) atoms. The van der Waals surface area contributed by atoms with Crippen LogP contribution in [0.5, 0.6) is 5.75 Å². The van der Waals surface area contributed by atoms with Crippen LogP contribution in [0.3, 0.4) is 0 Å². The Morgan fingerprint density at radius 2 is 1.88 bits per heavy atom. The zero-order valence-electron chi connectivity index (χ0n) is 18.9. The summed E-state index contributed by atoms with van der Waals surface area (Å²) >= 11 is 0. The third-order valence-corrected chi connectivity index (χ3v) is 6.50. The van der Waals surface area contributed by atoms with Crippen LogP contribution in [0.25, 0.3) is 10.9 Å². The van der Waals surface area contributed by atoms with Crippen LogP contribution in [0.15, 0.2) is 53.7 Å². The second-order valence-electron chi connectivity index (χ2n) is 8.54. The number of piperidine rings is 1. The topological polar surface area (TPSA) is 119 Å². The molecule has 0 aliphatic carbocycles. The van der Waals surface area contributed by atoms with Crippen molar-refractivity contribution in [3.8, 4) is 5.75 Å². The van der Waals surface area contributed by atoms with E-state index in [9.17, 15) is 4.79 Å². The lowest BCUT2D eigenvalue weighted by Gasteiger charge is -2.32. The van der Waals surface area contributed by atoms with E-state index in [-0.39, 0.29) is 11.7 Å². The van der Waals surface area contributed by atoms with Gasteiger partial charge in [0.2, 0.25) is 0 Å². The van der Waals surface area contributed by atoms with Crippen molar-refractivity contribution < 1.29 is 14.7 Å². The minimum Gasteiger partial charge on any atom is -0.497 e. The lowest BCUT2D eigenvalue weighted by Crippen LogP contribution is -2.39. The van der Waals surface area contributed by atoms with Gasteiger partial charge in [-0.15, -0.1) is 0 Å². The third-order valence-electron chi connectivity index (χ3n) is 6.50. The van der Waals surface area contributed by atoms with Gasteiger partial charge in [0.05, 0.1) is 7.11 Å². The Kier molecular flexibility index (Phi) is 6.84. The maximum Gasteiger partial charge on any atom is 0.270 e. The summed E-state index contributed by atoms with van der Waals surface area (Å²) in [5.41, 5.74) is 14.7. The number of rotatable bonds is 7. The van der Waals surface area contributed by atoms with Crippen LogP contribution in [0.2, 0.25) is 0 Å². The molecule has 1 aromatic heterocycles. The van der Waals surface area contributed by atoms with E-state index < -0.39 is 0 Å². The normalized spacial score (nSPS) is 15.2. The molecule has 4 rings (SSSR count). The Morgan fingerprint density at radius 1 is 1.15 bits per heavy atom. The number of nitrogens with two attached hydrogens (primary N) is 2. The molecular weight excluding hydrogens is 418 g/mol. The largest absolute Gasteiger partial charge is 0.497 e. The highest BCUT2D eigenvalue weighted by Crippen LogP contribution is 2.27. The van der Waals surface area contributed by atoms with E-state index in [1.807, 2.05) is 51.9 Å². The van der Waals surface area contributed by atoms with Gasteiger partial charge in [0, 0.05) is 36.1 Å². The first-order valence-electron chi connectivity index (χ1n) is 11.3. The van der Waals surface area contributed by atoms with E-state index in [0.717, 1.165) is 54.6 Å². The Labute approximate surface area is 193 Å². The molecule has 1 aliphatic rings. The fraction of sp³-hybridized carbons (Fsp3) is 0.360. The molecule has 0 saturated carbocycles. The number of carbonyl (C=O) groups is 1. The van der Waals surface area contributed by atoms with E-state index in [1.54, 1.807) is 13.2 Å². The van der Waals surface area contributed by atoms with Gasteiger partial charge in [-0.1, -0.05) is 29.4 Å². The number of hydrogen-bond donors (Lipinski definition) is 3. The molecule has 0 radical (unpaired) electrons. The van der Waals surface area contributed by atoms with Gasteiger partial charge in [0.25, 0.3) is 5.91 Å². The van der Waals surface area contributed by atoms with Crippen LogP contribution in [0, 0.1) is 5.92 Å². The predicted molar refractivity (Wildman–Crippen MR) is 129 cm³/mol. The number of aromatic nitrogens is 1. The number of likely N-dealkylation sites (tertiary alicyclic amines) is 1. The van der Waals surface area contributed by atoms with Crippen LogP contribution < -0.4 is 16.2 Å². The lowest BCUT2D eigenvalue weighted by molar-refractivity contribution is 0.0678. The molecule has 2 aromatic carbocycles. The van der Waals surface area contributed by atoms with Crippen molar-refractivity contribution >= 4 is 22.6 Å². The van der Waals surface area contributed by atoms with Crippen LogP contribution >= 0.6 is 0 Å². The lowest BCUT2D eigenvalue weighted by atomic mass is 9.93. The van der Waals surface area contributed by atoms with E-state index in [4.69, 9.17) is 21.4 Å². The number of carbonyl (C=O) groups excluding carboxylic acids is 1. The number of amides is 1. The molecular formula is C25H31N5O3. The van der Waals surface area contributed by atoms with Gasteiger partial charge >= 0.3 is 0 Å². The Bertz CT molecular complexity index is 1140. The Morgan fingerprint density at radius 3 is 2.52 bits per heavy atom. The third kappa shape index (κ3) is 4.80. The zero-order chi connectivity index (χ0) is 23.4. The van der Waals surface area contributed by atoms with Gasteiger partial charge < -0.3 is 30.9 Å². The summed E-state index contributed by atoms with van der Waals surface area (Å²) in [6.07, 6.45) is 2.97. The summed E-state index contributed by atoms with van der Waals surface area (Å²) in [6, 6.07) is 15.3. The molecule has 0 bridgehead atoms. The fourth-order valence-corrected chi connectivity index (χ4v) is 4.56. The minimum atomic E-state index is 0.0243. The van der Waals surface area contributed by atoms with Crippen LogP contribution in [-0.2, 0) is 6.54 Å². The SMILES string of the molecule is COc1ccc(Cn2c(C(=O)N3CCC(CCN)CC3)cc3ccc(/C(N)=N/O)cc32)cc1. The average molecular weight is 450 g/mol. The highest BCUT2D eigenvalue weighted by atomic mass is 16.5. The first-order chi connectivity index (χ1) is 16.0. The number of benzene rings is 2. The number of fused-ring (bicyclic) bond motifs is 1. The monoisotopic (exact) mass is 449 g/mol. The van der Waals surface area contributed by atoms with Crippen molar-refractivity contribution in [3.05, 3.63) is 65.4 Å². The maximum absolute atomic E-state index is 13.6. The van der Waals surface area contributed by atoms with Gasteiger partial charge in [-0.05, 0) is 61.6 Å². The molecule has 1 amide bonds. The fourth-order valence-electron chi connectivity index (χ4n) is 4.56. The van der Waals surface area contributed by atoms with E-state index in [1.165, 1.54) is 0 Å². The van der Waals surface area contributed by atoms with Gasteiger partial charge in [-0.25, -0.2) is 0 Å². The molecule has 1 aliphatic heterocycles. The first kappa shape index (κ1) is 22.7. The van der Waals surface area contributed by atoms with Crippen LogP contribution in [0.1, 0.15) is 40.9 Å². The summed E-state index contributed by atoms with van der Waals surface area (Å²) in [5, 5.41) is 13.2. The molecule has 8 heteroatoms. The van der Waals surface area contributed by atoms with Crippen LogP contribution in [0.4, 0.5) is 0 Å². The van der Waals surface area contributed by atoms with E-state index >= 15 is 0 Å². The Hall–Kier alpha value is -3.52. The zero-order valence-corrected chi connectivity index (χ0v) is 18.9. The molecule has 1 saturated heterocycles. The second-order valence-corrected chi connectivity index (χ2v) is 8.54. The molecule has 0 spiro atoms. The molecule has 0 atom stereocenters. The number of methoxy groups -OCH3 is 1. The maximum atomic E-state index is 13.6. The molecule has 1 fully saturated rings. The van der Waals surface area contributed by atoms with Gasteiger partial charge in [0.15, 0.2) is 5.84 Å². The number of oxime groups is 1. The van der Waals surface area contributed by atoms with Crippen molar-refractivity contribution in [2.75, 3.05) is 26.7 Å². The molecule has 3 aromatic rings. The van der Waals surface area contributed by atoms with Crippen LogP contribution in [-0.4, -0.2) is 53.2 Å². The smallest absolute Gasteiger partial charge is 0.270 e. The highest BCUT2D eigenvalue weighted by Gasteiger charge is 2.26. The number of ether oxygens (including phenoxy) is 1. The van der Waals surface area contributed by atoms with Gasteiger partial charge in [-0.3, -0.25) is 4.79 Å². The summed E-state index contributed by atoms with van der Waals surface area (Å²) in [4.78, 5) is 15.5. The van der Waals surface area contributed by atoms with Crippen molar-refractivity contribution in [1.82, 2.24) is 9.47 Å². The first-order valence-corrected chi connectivity index (χ1v) is 11.3. The van der Waals surface area contributed by atoms with Crippen molar-refractivity contribution in [3.63, 3.8) is 0 Å². The summed E-state index contributed by atoms with van der Waals surface area (Å²) in [7, 11) is 1.64. The average Bonchev–Trinajstić information content (AvgIpc) is 3.21. The van der Waals surface area contributed by atoms with E-state index in [2.05, 4.69) is 5.16 Å². The minimum absolute atomic E-state index is 0.0243. The summed E-state index contributed by atoms with van der Waals surface area (Å²) in [6.45, 7) is 2.68. The number of amidine groups is 1. The molecule has 8 nitrogen and oxygen atoms in total. The van der Waals surface area contributed by atoms with Gasteiger partial charge in [-0.2, -0.15) is 0 Å². The summed E-state index contributed by atoms with van der Waals surface area (Å²) < 4.78 is 7.28. The quantitative estimate of drug-likeness (QED) is 0.222. The van der Waals surface area contributed by atoms with Crippen molar-refractivity contribution in [2.24, 2.45) is 22.5 Å². The van der Waals surface area contributed by atoms with Crippen molar-refractivity contribution in [1.29, 1.82) is 0 Å². The summed E-state index contributed by atoms with van der Waals surface area (Å²) in [5.74, 6) is 1.43. The number of hydrogen-bond acceptors (Lipinski definition) is 5. The molecule has 0 unspecified atom stereocenters. The van der Waals surface area contributed by atoms with E-state index in [0.29, 0.717) is 30.3 Å². The number of nitrogens with zero attached hydrogens (tertiary/aromatic N) is 3. The molecule has 174 valence electrons. The Balaban J connectivity index is 1.71. The molecule has 2 heterocycles. The van der Waals surface area contributed by atoms with Gasteiger partial charge in [0.1, 0.15) is 11.4 Å². The standard InChI is InChI=1S/C25H31N5O3/c1-33-21-6-2-18(3-7-21)16-30-22-15-20(24(27)28-32)5-4-19(22)14-23(30)25(31)29-12-9-17(8-11-26)10-13-29/h2-7,14-15,17,32H,8-13,16,26H2,1H3,(H2,27,28). The predicted octanol–water partition coefficient (Wildman–Crippen LogP) is 2.99. The molecule has 5 N–H and O–H groups in total.